The Morgan fingerprint density at radius 2 is 0.494 bits per heavy atom. The van der Waals surface area contributed by atoms with Crippen LogP contribution in [0.3, 0.4) is 0 Å². The molecule has 79 heavy (non-hydrogen) atoms. The summed E-state index contributed by atoms with van der Waals surface area (Å²) in [6, 6.07) is 0. The van der Waals surface area contributed by atoms with E-state index in [-0.39, 0.29) is 31.1 Å². The summed E-state index contributed by atoms with van der Waals surface area (Å²) in [5, 5.41) is 0. The molecule has 0 rings (SSSR count). The van der Waals surface area contributed by atoms with E-state index in [0.717, 1.165) is 89.9 Å². The van der Waals surface area contributed by atoms with Gasteiger partial charge in [0.1, 0.15) is 13.2 Å². The monoisotopic (exact) mass is 1100 g/mol. The van der Waals surface area contributed by atoms with E-state index < -0.39 is 6.10 Å². The summed E-state index contributed by atoms with van der Waals surface area (Å²) < 4.78 is 16.9. The fourth-order valence-corrected chi connectivity index (χ4v) is 10.1. The molecule has 0 N–H and O–H groups in total. The minimum atomic E-state index is -0.772. The third kappa shape index (κ3) is 65.5. The lowest BCUT2D eigenvalue weighted by atomic mass is 10.0. The van der Waals surface area contributed by atoms with Crippen LogP contribution in [-0.4, -0.2) is 37.2 Å². The summed E-state index contributed by atoms with van der Waals surface area (Å²) in [5.41, 5.74) is 0. The zero-order valence-corrected chi connectivity index (χ0v) is 52.6. The van der Waals surface area contributed by atoms with E-state index in [0.29, 0.717) is 19.3 Å². The van der Waals surface area contributed by atoms with E-state index in [1.165, 1.54) is 225 Å². The van der Waals surface area contributed by atoms with Crippen molar-refractivity contribution >= 4 is 17.9 Å². The van der Waals surface area contributed by atoms with Crippen LogP contribution >= 0.6 is 0 Å². The molecule has 6 nitrogen and oxygen atoms in total. The van der Waals surface area contributed by atoms with Crippen molar-refractivity contribution in [2.24, 2.45) is 0 Å². The molecule has 0 aliphatic heterocycles. The molecule has 6 heteroatoms. The topological polar surface area (TPSA) is 78.9 Å². The highest BCUT2D eigenvalue weighted by Gasteiger charge is 2.19. The molecule has 0 fully saturated rings. The molecule has 0 saturated carbocycles. The molecule has 0 amide bonds. The van der Waals surface area contributed by atoms with E-state index in [1.807, 2.05) is 0 Å². The van der Waals surface area contributed by atoms with Gasteiger partial charge in [0.05, 0.1) is 0 Å². The van der Waals surface area contributed by atoms with Gasteiger partial charge in [0.15, 0.2) is 6.10 Å². The molecule has 458 valence electrons. The predicted octanol–water partition coefficient (Wildman–Crippen LogP) is 23.7. The highest BCUT2D eigenvalue weighted by molar-refractivity contribution is 5.71. The molecule has 0 saturated heterocycles. The van der Waals surface area contributed by atoms with Crippen molar-refractivity contribution in [2.75, 3.05) is 13.2 Å². The Morgan fingerprint density at radius 1 is 0.266 bits per heavy atom. The van der Waals surface area contributed by atoms with Gasteiger partial charge in [-0.3, -0.25) is 14.4 Å². The molecule has 0 spiro atoms. The van der Waals surface area contributed by atoms with Crippen LogP contribution in [0.1, 0.15) is 355 Å². The Morgan fingerprint density at radius 3 is 0.785 bits per heavy atom. The van der Waals surface area contributed by atoms with Gasteiger partial charge in [0.2, 0.25) is 0 Å². The largest absolute Gasteiger partial charge is 0.462 e. The Kier molecular flexibility index (Phi) is 64.7. The average molecular weight is 1100 g/mol. The van der Waals surface area contributed by atoms with Crippen LogP contribution in [0.15, 0.2) is 72.9 Å². The van der Waals surface area contributed by atoms with Gasteiger partial charge in [-0.05, 0) is 89.9 Å². The molecular formula is C73H130O6. The van der Waals surface area contributed by atoms with Gasteiger partial charge >= 0.3 is 17.9 Å². The molecule has 0 aromatic heterocycles. The first-order valence-corrected chi connectivity index (χ1v) is 34.4. The predicted molar refractivity (Wildman–Crippen MR) is 344 cm³/mol. The van der Waals surface area contributed by atoms with E-state index >= 15 is 0 Å². The third-order valence-corrected chi connectivity index (χ3v) is 15.2. The van der Waals surface area contributed by atoms with E-state index in [2.05, 4.69) is 93.7 Å². The molecule has 0 aliphatic rings. The van der Waals surface area contributed by atoms with Gasteiger partial charge in [-0.2, -0.15) is 0 Å². The summed E-state index contributed by atoms with van der Waals surface area (Å²) >= 11 is 0. The third-order valence-electron chi connectivity index (χ3n) is 15.2. The van der Waals surface area contributed by atoms with Crippen molar-refractivity contribution in [3.8, 4) is 0 Å². The number of rotatable bonds is 63. The average Bonchev–Trinajstić information content (AvgIpc) is 3.45. The normalized spacial score (nSPS) is 12.5. The second-order valence-corrected chi connectivity index (χ2v) is 23.1. The van der Waals surface area contributed by atoms with Crippen LogP contribution in [0, 0.1) is 0 Å². The summed E-state index contributed by atoms with van der Waals surface area (Å²) in [6.07, 6.45) is 88.1. The second kappa shape index (κ2) is 67.4. The maximum atomic E-state index is 12.9. The Bertz CT molecular complexity index is 1450. The van der Waals surface area contributed by atoms with E-state index in [4.69, 9.17) is 14.2 Å². The SMILES string of the molecule is CC/C=C\C/C=C\C/C=C\C/C=C\C/C=C\CCCCCCCCCCCCCCCC(=O)OCC(COC(=O)CCCCCCCCC)OC(=O)CCCCCCCCCCCCCCC/C=C\CCCCCCCCCC. The highest BCUT2D eigenvalue weighted by atomic mass is 16.6. The standard InChI is InChI=1S/C73H130O6/c1-4-7-10-13-16-18-20-22-24-26-28-30-32-34-35-36-37-39-40-42-44-46-48-50-52-54-57-60-63-66-72(75)78-69-70(68-77-71(74)65-62-59-56-15-12-9-6-3)79-73(76)67-64-61-58-55-53-51-49-47-45-43-41-38-33-31-29-27-25-23-21-19-17-14-11-8-5-2/h7,10,16,18,22,24,27-30,34-35,70H,4-6,8-9,11-15,17,19-21,23,25-26,31-33,36-69H2,1-3H3/b10-7-,18-16-,24-22-,29-27-,30-28-,35-34-. The van der Waals surface area contributed by atoms with Crippen LogP contribution in [0.2, 0.25) is 0 Å². The molecule has 0 bridgehead atoms. The zero-order chi connectivity index (χ0) is 57.1. The fraction of sp³-hybridized carbons (Fsp3) is 0.795. The van der Waals surface area contributed by atoms with Gasteiger partial charge in [-0.15, -0.1) is 0 Å². The lowest BCUT2D eigenvalue weighted by molar-refractivity contribution is -0.167. The van der Waals surface area contributed by atoms with Gasteiger partial charge in [0.25, 0.3) is 0 Å². The van der Waals surface area contributed by atoms with Crippen LogP contribution in [0.5, 0.6) is 0 Å². The van der Waals surface area contributed by atoms with Crippen LogP contribution in [-0.2, 0) is 28.6 Å². The number of hydrogen-bond acceptors (Lipinski definition) is 6. The van der Waals surface area contributed by atoms with E-state index in [9.17, 15) is 14.4 Å². The Labute approximate surface area is 491 Å². The van der Waals surface area contributed by atoms with E-state index in [1.54, 1.807) is 0 Å². The van der Waals surface area contributed by atoms with Crippen LogP contribution < -0.4 is 0 Å². The molecule has 0 heterocycles. The molecule has 0 aliphatic carbocycles. The molecule has 1 atom stereocenters. The lowest BCUT2D eigenvalue weighted by Crippen LogP contribution is -2.30. The van der Waals surface area contributed by atoms with Crippen molar-refractivity contribution < 1.29 is 28.6 Å². The van der Waals surface area contributed by atoms with Crippen LogP contribution in [0.4, 0.5) is 0 Å². The number of esters is 3. The smallest absolute Gasteiger partial charge is 0.306 e. The van der Waals surface area contributed by atoms with Crippen LogP contribution in [0.25, 0.3) is 0 Å². The van der Waals surface area contributed by atoms with Crippen molar-refractivity contribution in [1.82, 2.24) is 0 Å². The molecule has 0 radical (unpaired) electrons. The first-order chi connectivity index (χ1) is 39.0. The van der Waals surface area contributed by atoms with Gasteiger partial charge in [-0.25, -0.2) is 0 Å². The summed E-state index contributed by atoms with van der Waals surface area (Å²) in [7, 11) is 0. The van der Waals surface area contributed by atoms with Crippen molar-refractivity contribution in [3.63, 3.8) is 0 Å². The maximum absolute atomic E-state index is 12.9. The van der Waals surface area contributed by atoms with Gasteiger partial charge in [-0.1, -0.05) is 318 Å². The number of carbonyl (C=O) groups excluding carboxylic acids is 3. The fourth-order valence-electron chi connectivity index (χ4n) is 10.1. The Balaban J connectivity index is 4.07. The highest BCUT2D eigenvalue weighted by Crippen LogP contribution is 2.17. The number of unbranched alkanes of at least 4 members (excludes halogenated alkanes) is 40. The van der Waals surface area contributed by atoms with Crippen molar-refractivity contribution in [2.45, 2.75) is 361 Å². The lowest BCUT2D eigenvalue weighted by Gasteiger charge is -2.18. The minimum absolute atomic E-state index is 0.0716. The molecule has 0 aromatic carbocycles. The number of ether oxygens (including phenoxy) is 3. The quantitative estimate of drug-likeness (QED) is 0.0261. The molecule has 0 aromatic rings. The van der Waals surface area contributed by atoms with Crippen molar-refractivity contribution in [1.29, 1.82) is 0 Å². The van der Waals surface area contributed by atoms with Gasteiger partial charge in [0, 0.05) is 19.3 Å². The minimum Gasteiger partial charge on any atom is -0.462 e. The zero-order valence-electron chi connectivity index (χ0n) is 52.6. The first-order valence-electron chi connectivity index (χ1n) is 34.4. The molecule has 1 unspecified atom stereocenters. The first kappa shape index (κ1) is 75.8. The van der Waals surface area contributed by atoms with Crippen molar-refractivity contribution in [3.05, 3.63) is 72.9 Å². The summed E-state index contributed by atoms with van der Waals surface area (Å²) in [5.74, 6) is -0.861. The number of carbonyl (C=O) groups is 3. The summed E-state index contributed by atoms with van der Waals surface area (Å²) in [6.45, 7) is 6.53. The number of hydrogen-bond donors (Lipinski definition) is 0. The maximum Gasteiger partial charge on any atom is 0.306 e. The number of allylic oxidation sites excluding steroid dienone is 12. The Hall–Kier alpha value is -3.15. The van der Waals surface area contributed by atoms with Gasteiger partial charge < -0.3 is 14.2 Å². The second-order valence-electron chi connectivity index (χ2n) is 23.1. The molecular weight excluding hydrogens is 973 g/mol. The summed E-state index contributed by atoms with van der Waals surface area (Å²) in [4.78, 5) is 38.2.